The first-order valence-electron chi connectivity index (χ1n) is 2.62. The molecule has 3 heteroatoms. The fourth-order valence-corrected chi connectivity index (χ4v) is 0.716. The zero-order valence-corrected chi connectivity index (χ0v) is 4.65. The Hall–Kier alpha value is -1.38. The Morgan fingerprint density at radius 1 is 1.56 bits per heavy atom. The highest BCUT2D eigenvalue weighted by Crippen LogP contribution is 1.94. The lowest BCUT2D eigenvalue weighted by Gasteiger charge is -1.85. The second-order valence-electron chi connectivity index (χ2n) is 1.70. The Balaban J connectivity index is 2.95. The van der Waals surface area contributed by atoms with E-state index < -0.39 is 0 Å². The van der Waals surface area contributed by atoms with Gasteiger partial charge in [0.25, 0.3) is 0 Å². The predicted octanol–water partition coefficient (Wildman–Crippen LogP) is 0.529. The molecule has 2 aromatic heterocycles. The van der Waals surface area contributed by atoms with Crippen molar-refractivity contribution in [3.63, 3.8) is 0 Å². The maximum atomic E-state index is 3.94. The van der Waals surface area contributed by atoms with Crippen LogP contribution < -0.4 is 0 Å². The molecular formula is C6H4N3. The highest BCUT2D eigenvalue weighted by molar-refractivity contribution is 5.39. The molecule has 0 aliphatic carbocycles. The molecule has 0 aliphatic rings. The van der Waals surface area contributed by atoms with Crippen molar-refractivity contribution >= 4 is 5.52 Å². The third kappa shape index (κ3) is 0.579. The molecule has 2 rings (SSSR count). The fourth-order valence-electron chi connectivity index (χ4n) is 0.716. The standard InChI is InChI=1S/C6H4N3/c1-2-8-9-4-3-7-5-6(1)9/h2-5H. The summed E-state index contributed by atoms with van der Waals surface area (Å²) in [5.41, 5.74) is 0.900. The zero-order chi connectivity index (χ0) is 6.10. The molecule has 0 aliphatic heterocycles. The minimum absolute atomic E-state index is 0.900. The topological polar surface area (TPSA) is 30.2 Å². The molecule has 0 spiro atoms. The van der Waals surface area contributed by atoms with Crippen LogP contribution in [0.2, 0.25) is 0 Å². The van der Waals surface area contributed by atoms with Crippen LogP contribution >= 0.6 is 0 Å². The fraction of sp³-hybridized carbons (Fsp3) is 0. The van der Waals surface area contributed by atoms with E-state index in [9.17, 15) is 0 Å². The summed E-state index contributed by atoms with van der Waals surface area (Å²) in [6.07, 6.45) is 6.81. The van der Waals surface area contributed by atoms with E-state index in [1.54, 1.807) is 29.3 Å². The summed E-state index contributed by atoms with van der Waals surface area (Å²) in [6.45, 7) is 0. The van der Waals surface area contributed by atoms with Crippen molar-refractivity contribution in [2.45, 2.75) is 0 Å². The van der Waals surface area contributed by atoms with Crippen molar-refractivity contribution in [2.24, 2.45) is 0 Å². The molecule has 0 unspecified atom stereocenters. The van der Waals surface area contributed by atoms with E-state index in [2.05, 4.69) is 16.1 Å². The predicted molar refractivity (Wildman–Crippen MR) is 31.8 cm³/mol. The maximum absolute atomic E-state index is 3.94. The molecule has 0 amide bonds. The number of fused-ring (bicyclic) bond motifs is 1. The minimum Gasteiger partial charge on any atom is -0.261 e. The van der Waals surface area contributed by atoms with E-state index in [4.69, 9.17) is 0 Å². The molecule has 0 atom stereocenters. The first-order chi connectivity index (χ1) is 4.47. The highest BCUT2D eigenvalue weighted by atomic mass is 15.2. The zero-order valence-electron chi connectivity index (χ0n) is 4.65. The van der Waals surface area contributed by atoms with Crippen LogP contribution in [0.4, 0.5) is 0 Å². The molecule has 2 heterocycles. The maximum Gasteiger partial charge on any atom is 0.0924 e. The number of aromatic nitrogens is 3. The van der Waals surface area contributed by atoms with Crippen molar-refractivity contribution in [1.82, 2.24) is 14.6 Å². The van der Waals surface area contributed by atoms with Gasteiger partial charge in [0.15, 0.2) is 0 Å². The van der Waals surface area contributed by atoms with Gasteiger partial charge in [0, 0.05) is 18.5 Å². The quantitative estimate of drug-likeness (QED) is 0.505. The second kappa shape index (κ2) is 1.55. The van der Waals surface area contributed by atoms with Crippen LogP contribution in [0.15, 0.2) is 24.8 Å². The van der Waals surface area contributed by atoms with E-state index in [1.165, 1.54) is 0 Å². The monoisotopic (exact) mass is 118 g/mol. The van der Waals surface area contributed by atoms with Crippen LogP contribution in [0.3, 0.4) is 0 Å². The third-order valence-corrected chi connectivity index (χ3v) is 1.13. The Kier molecular flexibility index (Phi) is 0.773. The molecule has 0 saturated carbocycles. The molecule has 1 radical (unpaired) electrons. The third-order valence-electron chi connectivity index (χ3n) is 1.13. The van der Waals surface area contributed by atoms with Crippen LogP contribution in [0.1, 0.15) is 0 Å². The van der Waals surface area contributed by atoms with Crippen LogP contribution in [0.5, 0.6) is 0 Å². The molecule has 0 fully saturated rings. The van der Waals surface area contributed by atoms with Gasteiger partial charge in [-0.25, -0.2) is 4.52 Å². The van der Waals surface area contributed by atoms with Gasteiger partial charge in [-0.1, -0.05) is 0 Å². The molecule has 43 valence electrons. The molecule has 3 nitrogen and oxygen atoms in total. The summed E-state index contributed by atoms with van der Waals surface area (Å²) >= 11 is 0. The minimum atomic E-state index is 0.900. The Labute approximate surface area is 52.0 Å². The molecular weight excluding hydrogens is 114 g/mol. The van der Waals surface area contributed by atoms with Gasteiger partial charge in [0.05, 0.1) is 17.9 Å². The molecule has 2 aromatic rings. The lowest BCUT2D eigenvalue weighted by Crippen LogP contribution is -1.84. The van der Waals surface area contributed by atoms with E-state index in [0.717, 1.165) is 5.52 Å². The molecule has 0 N–H and O–H groups in total. The summed E-state index contributed by atoms with van der Waals surface area (Å²) in [5.74, 6) is 0. The van der Waals surface area contributed by atoms with Gasteiger partial charge >= 0.3 is 0 Å². The summed E-state index contributed by atoms with van der Waals surface area (Å²) in [5, 5.41) is 3.94. The van der Waals surface area contributed by atoms with Gasteiger partial charge in [0.1, 0.15) is 0 Å². The van der Waals surface area contributed by atoms with Crippen molar-refractivity contribution in [2.75, 3.05) is 0 Å². The largest absolute Gasteiger partial charge is 0.261 e. The first kappa shape index (κ1) is 4.49. The number of hydrogen-bond acceptors (Lipinski definition) is 2. The van der Waals surface area contributed by atoms with E-state index in [0.29, 0.717) is 0 Å². The number of nitrogens with zero attached hydrogens (tertiary/aromatic N) is 3. The first-order valence-corrected chi connectivity index (χ1v) is 2.62. The van der Waals surface area contributed by atoms with E-state index in [-0.39, 0.29) is 0 Å². The van der Waals surface area contributed by atoms with Crippen LogP contribution in [0.25, 0.3) is 5.52 Å². The molecule has 0 aromatic carbocycles. The number of rotatable bonds is 0. The Bertz CT molecular complexity index is 282. The Morgan fingerprint density at radius 2 is 2.56 bits per heavy atom. The normalized spacial score (nSPS) is 10.2. The summed E-state index contributed by atoms with van der Waals surface area (Å²) in [4.78, 5) is 3.89. The van der Waals surface area contributed by atoms with Gasteiger partial charge in [-0.3, -0.25) is 4.98 Å². The van der Waals surface area contributed by atoms with Gasteiger partial charge in [0.2, 0.25) is 0 Å². The molecule has 9 heavy (non-hydrogen) atoms. The van der Waals surface area contributed by atoms with Crippen molar-refractivity contribution < 1.29 is 0 Å². The van der Waals surface area contributed by atoms with Gasteiger partial charge in [-0.05, 0) is 0 Å². The summed E-state index contributed by atoms with van der Waals surface area (Å²) < 4.78 is 1.72. The lowest BCUT2D eigenvalue weighted by atomic mass is 10.5. The van der Waals surface area contributed by atoms with Crippen molar-refractivity contribution in [3.05, 3.63) is 30.9 Å². The van der Waals surface area contributed by atoms with Gasteiger partial charge in [-0.2, -0.15) is 5.10 Å². The van der Waals surface area contributed by atoms with E-state index in [1.807, 2.05) is 0 Å². The lowest BCUT2D eigenvalue weighted by molar-refractivity contribution is 0.946. The smallest absolute Gasteiger partial charge is 0.0924 e. The van der Waals surface area contributed by atoms with Crippen LogP contribution in [-0.4, -0.2) is 14.6 Å². The Morgan fingerprint density at radius 3 is 3.44 bits per heavy atom. The van der Waals surface area contributed by atoms with Gasteiger partial charge in [-0.15, -0.1) is 0 Å². The van der Waals surface area contributed by atoms with Gasteiger partial charge < -0.3 is 0 Å². The number of hydrogen-bond donors (Lipinski definition) is 0. The molecule has 0 saturated heterocycles. The van der Waals surface area contributed by atoms with Crippen molar-refractivity contribution in [3.8, 4) is 0 Å². The molecule has 0 bridgehead atoms. The highest BCUT2D eigenvalue weighted by Gasteiger charge is 1.87. The average molecular weight is 118 g/mol. The van der Waals surface area contributed by atoms with Crippen molar-refractivity contribution in [1.29, 1.82) is 0 Å². The summed E-state index contributed by atoms with van der Waals surface area (Å²) in [7, 11) is 0. The SMILES string of the molecule is [c]1cnn2ccncc12. The summed E-state index contributed by atoms with van der Waals surface area (Å²) in [6, 6.07) is 2.91. The van der Waals surface area contributed by atoms with Crippen LogP contribution in [-0.2, 0) is 0 Å². The van der Waals surface area contributed by atoms with Crippen LogP contribution in [0, 0.1) is 6.07 Å². The second-order valence-corrected chi connectivity index (χ2v) is 1.70. The van der Waals surface area contributed by atoms with E-state index >= 15 is 0 Å². The average Bonchev–Trinajstić information content (AvgIpc) is 2.33.